The summed E-state index contributed by atoms with van der Waals surface area (Å²) in [5, 5.41) is 4.95. The number of nitrogens with zero attached hydrogens (tertiary/aromatic N) is 3. The Bertz CT molecular complexity index is 2830. The zero-order valence-corrected chi connectivity index (χ0v) is 27.2. The van der Waals surface area contributed by atoms with Gasteiger partial charge in [0.05, 0.1) is 22.1 Å². The Labute approximate surface area is 290 Å². The van der Waals surface area contributed by atoms with Crippen molar-refractivity contribution in [2.75, 3.05) is 0 Å². The molecule has 0 N–H and O–H groups in total. The van der Waals surface area contributed by atoms with Crippen LogP contribution >= 0.6 is 0 Å². The minimum Gasteiger partial charge on any atom is -0.309 e. The number of hydrogen-bond donors (Lipinski definition) is 0. The summed E-state index contributed by atoms with van der Waals surface area (Å²) in [6.45, 7) is 0. The fourth-order valence-corrected chi connectivity index (χ4v) is 7.63. The van der Waals surface area contributed by atoms with Crippen molar-refractivity contribution >= 4 is 43.6 Å². The molecule has 0 aliphatic heterocycles. The summed E-state index contributed by atoms with van der Waals surface area (Å²) < 4.78 is 4.71. The smallest absolute Gasteiger partial charge is 0.145 e. The summed E-state index contributed by atoms with van der Waals surface area (Å²) in [5.41, 5.74) is 12.6. The molecule has 0 aliphatic rings. The first-order chi connectivity index (χ1) is 24.8. The maximum atomic E-state index is 5.13. The summed E-state index contributed by atoms with van der Waals surface area (Å²) >= 11 is 0. The second-order valence-corrected chi connectivity index (χ2v) is 12.8. The summed E-state index contributed by atoms with van der Waals surface area (Å²) in [7, 11) is 0. The van der Waals surface area contributed by atoms with Crippen molar-refractivity contribution < 1.29 is 0 Å². The van der Waals surface area contributed by atoms with Gasteiger partial charge in [0.2, 0.25) is 0 Å². The van der Waals surface area contributed by atoms with Crippen molar-refractivity contribution in [1.82, 2.24) is 14.1 Å². The van der Waals surface area contributed by atoms with Crippen molar-refractivity contribution in [3.05, 3.63) is 188 Å². The van der Waals surface area contributed by atoms with E-state index in [4.69, 9.17) is 4.98 Å². The minimum atomic E-state index is 0.930. The van der Waals surface area contributed by atoms with Crippen LogP contribution in [0.5, 0.6) is 0 Å². The van der Waals surface area contributed by atoms with Crippen LogP contribution in [0.4, 0.5) is 0 Å². The lowest BCUT2D eigenvalue weighted by molar-refractivity contribution is 1.10. The van der Waals surface area contributed by atoms with E-state index in [1.54, 1.807) is 0 Å². The maximum Gasteiger partial charge on any atom is 0.145 e. The van der Waals surface area contributed by atoms with Crippen LogP contribution in [0.25, 0.3) is 88.6 Å². The topological polar surface area (TPSA) is 22.8 Å². The Morgan fingerprint density at radius 2 is 0.920 bits per heavy atom. The van der Waals surface area contributed by atoms with E-state index in [0.29, 0.717) is 0 Å². The molecule has 0 unspecified atom stereocenters. The van der Waals surface area contributed by atoms with E-state index < -0.39 is 0 Å². The molecule has 0 saturated heterocycles. The molecule has 0 saturated carbocycles. The van der Waals surface area contributed by atoms with Crippen LogP contribution in [0.2, 0.25) is 0 Å². The summed E-state index contributed by atoms with van der Waals surface area (Å²) in [6.07, 6.45) is 0. The van der Waals surface area contributed by atoms with Crippen molar-refractivity contribution in [1.29, 1.82) is 0 Å². The monoisotopic (exact) mass is 637 g/mol. The number of imidazole rings is 1. The molecule has 0 atom stereocenters. The highest BCUT2D eigenvalue weighted by Crippen LogP contribution is 2.43. The van der Waals surface area contributed by atoms with E-state index in [2.05, 4.69) is 197 Å². The van der Waals surface area contributed by atoms with Gasteiger partial charge in [-0.3, -0.25) is 4.57 Å². The molecule has 10 rings (SSSR count). The third kappa shape index (κ3) is 4.48. The molecule has 8 aromatic carbocycles. The van der Waals surface area contributed by atoms with Crippen molar-refractivity contribution in [2.24, 2.45) is 0 Å². The molecular weight excluding hydrogens is 607 g/mol. The van der Waals surface area contributed by atoms with E-state index >= 15 is 0 Å². The molecule has 0 aliphatic carbocycles. The van der Waals surface area contributed by atoms with Crippen molar-refractivity contribution in [3.8, 4) is 45.0 Å². The van der Waals surface area contributed by atoms with E-state index in [-0.39, 0.29) is 0 Å². The fourth-order valence-electron chi connectivity index (χ4n) is 7.63. The van der Waals surface area contributed by atoms with Gasteiger partial charge in [0, 0.05) is 33.3 Å². The second kappa shape index (κ2) is 11.5. The average Bonchev–Trinajstić information content (AvgIpc) is 3.74. The van der Waals surface area contributed by atoms with E-state index in [9.17, 15) is 0 Å². The van der Waals surface area contributed by atoms with Crippen LogP contribution in [0.15, 0.2) is 188 Å². The molecular formula is C47H31N3. The van der Waals surface area contributed by atoms with Gasteiger partial charge in [-0.1, -0.05) is 140 Å². The van der Waals surface area contributed by atoms with Crippen LogP contribution in [0, 0.1) is 0 Å². The van der Waals surface area contributed by atoms with Crippen LogP contribution in [0.3, 0.4) is 0 Å². The quantitative estimate of drug-likeness (QED) is 0.184. The first-order valence-electron chi connectivity index (χ1n) is 17.1. The normalized spacial score (nSPS) is 11.6. The Morgan fingerprint density at radius 1 is 0.360 bits per heavy atom. The Hall–Kier alpha value is -6.71. The van der Waals surface area contributed by atoms with Gasteiger partial charge in [0.15, 0.2) is 0 Å². The third-order valence-electron chi connectivity index (χ3n) is 9.92. The fraction of sp³-hybridized carbons (Fsp3) is 0. The lowest BCUT2D eigenvalue weighted by Gasteiger charge is -2.15. The predicted octanol–water partition coefficient (Wildman–Crippen LogP) is 12.3. The highest BCUT2D eigenvalue weighted by molar-refractivity contribution is 6.21. The predicted molar refractivity (Wildman–Crippen MR) is 209 cm³/mol. The molecule has 0 radical (unpaired) electrons. The number of rotatable bonds is 5. The molecule has 0 fully saturated rings. The Kier molecular flexibility index (Phi) is 6.49. The summed E-state index contributed by atoms with van der Waals surface area (Å²) in [5.74, 6) is 0.930. The Balaban J connectivity index is 1.20. The lowest BCUT2D eigenvalue weighted by atomic mass is 9.94. The van der Waals surface area contributed by atoms with Crippen LogP contribution in [-0.4, -0.2) is 14.1 Å². The van der Waals surface area contributed by atoms with E-state index in [0.717, 1.165) is 33.8 Å². The highest BCUT2D eigenvalue weighted by Gasteiger charge is 2.20. The van der Waals surface area contributed by atoms with Crippen LogP contribution in [-0.2, 0) is 0 Å². The lowest BCUT2D eigenvalue weighted by Crippen LogP contribution is -1.98. The number of aromatic nitrogens is 3. The molecule has 10 aromatic rings. The zero-order chi connectivity index (χ0) is 33.0. The van der Waals surface area contributed by atoms with Gasteiger partial charge in [-0.15, -0.1) is 0 Å². The number of para-hydroxylation sites is 4. The molecule has 3 heteroatoms. The van der Waals surface area contributed by atoms with Gasteiger partial charge < -0.3 is 4.57 Å². The van der Waals surface area contributed by atoms with E-state index in [1.165, 1.54) is 54.8 Å². The largest absolute Gasteiger partial charge is 0.309 e. The summed E-state index contributed by atoms with van der Waals surface area (Å²) in [4.78, 5) is 5.13. The SMILES string of the molecule is c1ccc(-c2ccc(-n3c4ccccc4c4cc5ccccc5c(-c5ccc(-c6nc7ccccc7n6-c6ccccc6)cc5)c43)cc2)cc1. The zero-order valence-electron chi connectivity index (χ0n) is 27.2. The highest BCUT2D eigenvalue weighted by atomic mass is 15.1. The molecule has 2 aromatic heterocycles. The van der Waals surface area contributed by atoms with Crippen LogP contribution < -0.4 is 0 Å². The van der Waals surface area contributed by atoms with Crippen molar-refractivity contribution in [3.63, 3.8) is 0 Å². The number of hydrogen-bond acceptors (Lipinski definition) is 1. The average molecular weight is 638 g/mol. The minimum absolute atomic E-state index is 0.930. The first kappa shape index (κ1) is 28.3. The molecule has 0 spiro atoms. The second-order valence-electron chi connectivity index (χ2n) is 12.8. The van der Waals surface area contributed by atoms with Crippen molar-refractivity contribution in [2.45, 2.75) is 0 Å². The molecule has 3 nitrogen and oxygen atoms in total. The van der Waals surface area contributed by atoms with Gasteiger partial charge in [-0.2, -0.15) is 0 Å². The molecule has 234 valence electrons. The number of fused-ring (bicyclic) bond motifs is 5. The third-order valence-corrected chi connectivity index (χ3v) is 9.92. The standard InChI is InChI=1S/C47H31N3/c1-3-13-32(14-4-1)33-27-29-38(30-28-33)49-43-21-11-9-19-40(43)41-31-36-15-7-8-18-39(36)45(46(41)49)34-23-25-35(26-24-34)47-48-42-20-10-12-22-44(42)50(47)37-16-5-2-6-17-37/h1-31H. The number of benzene rings is 8. The van der Waals surface area contributed by atoms with E-state index in [1.807, 2.05) is 0 Å². The first-order valence-corrected chi connectivity index (χ1v) is 17.1. The molecule has 2 heterocycles. The molecule has 0 bridgehead atoms. The van der Waals surface area contributed by atoms with Gasteiger partial charge in [-0.25, -0.2) is 4.98 Å². The van der Waals surface area contributed by atoms with Crippen LogP contribution in [0.1, 0.15) is 0 Å². The van der Waals surface area contributed by atoms with Gasteiger partial charge in [0.25, 0.3) is 0 Å². The van der Waals surface area contributed by atoms with Gasteiger partial charge in [-0.05, 0) is 76.0 Å². The molecule has 50 heavy (non-hydrogen) atoms. The Morgan fingerprint density at radius 3 is 1.70 bits per heavy atom. The molecule has 0 amide bonds. The van der Waals surface area contributed by atoms with Gasteiger partial charge in [0.1, 0.15) is 5.82 Å². The summed E-state index contributed by atoms with van der Waals surface area (Å²) in [6, 6.07) is 67.3. The van der Waals surface area contributed by atoms with Gasteiger partial charge >= 0.3 is 0 Å². The maximum absolute atomic E-state index is 5.13.